The molecule has 0 aromatic carbocycles. The summed E-state index contributed by atoms with van der Waals surface area (Å²) < 4.78 is 5.49. The second-order valence-corrected chi connectivity index (χ2v) is 7.09. The number of hydrogen-bond donors (Lipinski definition) is 1. The van der Waals surface area contributed by atoms with Crippen LogP contribution in [0.5, 0.6) is 0 Å². The average molecular weight is 268 g/mol. The van der Waals surface area contributed by atoms with Crippen molar-refractivity contribution in [1.82, 2.24) is 10.2 Å². The highest BCUT2D eigenvalue weighted by Crippen LogP contribution is 2.30. The van der Waals surface area contributed by atoms with Gasteiger partial charge in [0.05, 0.1) is 0 Å². The highest BCUT2D eigenvalue weighted by molar-refractivity contribution is 5.01. The van der Waals surface area contributed by atoms with Crippen molar-refractivity contribution in [1.29, 1.82) is 0 Å². The van der Waals surface area contributed by atoms with Crippen molar-refractivity contribution < 1.29 is 4.74 Å². The fraction of sp³-hybridized carbons (Fsp3) is 1.00. The van der Waals surface area contributed by atoms with Crippen molar-refractivity contribution in [2.45, 2.75) is 64.5 Å². The third-order valence-electron chi connectivity index (χ3n) is 5.42. The summed E-state index contributed by atoms with van der Waals surface area (Å²) in [4.78, 5) is 2.74. The molecule has 0 radical (unpaired) electrons. The Bertz CT molecular complexity index is 280. The lowest BCUT2D eigenvalue weighted by molar-refractivity contribution is -0.0105. The second kappa shape index (κ2) is 6.11. The molecule has 2 rings (SSSR count). The first-order chi connectivity index (χ1) is 9.01. The summed E-state index contributed by atoms with van der Waals surface area (Å²) in [6, 6.07) is 0. The van der Waals surface area contributed by atoms with Gasteiger partial charge in [0.15, 0.2) is 0 Å². The summed E-state index contributed by atoms with van der Waals surface area (Å²) in [6.07, 6.45) is 4.93. The van der Waals surface area contributed by atoms with Gasteiger partial charge in [-0.3, -0.25) is 4.90 Å². The molecule has 2 aliphatic heterocycles. The van der Waals surface area contributed by atoms with E-state index in [-0.39, 0.29) is 5.54 Å². The Balaban J connectivity index is 2.01. The zero-order chi connectivity index (χ0) is 13.9. The number of nitrogens with zero attached hydrogens (tertiary/aromatic N) is 1. The van der Waals surface area contributed by atoms with E-state index >= 15 is 0 Å². The second-order valence-electron chi connectivity index (χ2n) is 7.09. The first kappa shape index (κ1) is 15.3. The van der Waals surface area contributed by atoms with Crippen LogP contribution >= 0.6 is 0 Å². The molecule has 19 heavy (non-hydrogen) atoms. The molecule has 0 saturated carbocycles. The van der Waals surface area contributed by atoms with Crippen LogP contribution in [0.1, 0.15) is 53.4 Å². The SMILES string of the molecule is CCC1(CC)CN(CC2CCOCC2)C(C)(C)CN1. The van der Waals surface area contributed by atoms with Crippen molar-refractivity contribution in [3.8, 4) is 0 Å². The maximum Gasteiger partial charge on any atom is 0.0469 e. The summed E-state index contributed by atoms with van der Waals surface area (Å²) in [5.41, 5.74) is 0.618. The maximum atomic E-state index is 5.49. The Morgan fingerprint density at radius 3 is 2.37 bits per heavy atom. The van der Waals surface area contributed by atoms with Crippen LogP contribution in [0.4, 0.5) is 0 Å². The highest BCUT2D eigenvalue weighted by Gasteiger charge is 2.41. The molecule has 0 bridgehead atoms. The predicted octanol–water partition coefficient (Wildman–Crippen LogP) is 2.66. The minimum absolute atomic E-state index is 0.284. The van der Waals surface area contributed by atoms with Crippen LogP contribution in [0, 0.1) is 5.92 Å². The molecule has 2 aliphatic rings. The van der Waals surface area contributed by atoms with Gasteiger partial charge in [0, 0.05) is 43.9 Å². The lowest BCUT2D eigenvalue weighted by atomic mass is 9.84. The molecule has 112 valence electrons. The Morgan fingerprint density at radius 1 is 1.16 bits per heavy atom. The van der Waals surface area contributed by atoms with Crippen LogP contribution in [0.15, 0.2) is 0 Å². The van der Waals surface area contributed by atoms with E-state index in [4.69, 9.17) is 4.74 Å². The van der Waals surface area contributed by atoms with E-state index in [2.05, 4.69) is 37.9 Å². The van der Waals surface area contributed by atoms with Gasteiger partial charge in [-0.2, -0.15) is 0 Å². The van der Waals surface area contributed by atoms with E-state index in [9.17, 15) is 0 Å². The Labute approximate surface area is 119 Å². The number of nitrogens with one attached hydrogen (secondary N) is 1. The Kier molecular flexibility index (Phi) is 4.91. The van der Waals surface area contributed by atoms with Gasteiger partial charge in [-0.25, -0.2) is 0 Å². The van der Waals surface area contributed by atoms with Gasteiger partial charge >= 0.3 is 0 Å². The van der Waals surface area contributed by atoms with E-state index in [1.807, 2.05) is 0 Å². The first-order valence-corrected chi connectivity index (χ1v) is 8.09. The number of ether oxygens (including phenoxy) is 1. The van der Waals surface area contributed by atoms with Crippen LogP contribution in [0.3, 0.4) is 0 Å². The molecule has 2 saturated heterocycles. The third kappa shape index (κ3) is 3.50. The lowest BCUT2D eigenvalue weighted by Gasteiger charge is -2.53. The lowest BCUT2D eigenvalue weighted by Crippen LogP contribution is -2.68. The van der Waals surface area contributed by atoms with E-state index in [1.165, 1.54) is 38.8 Å². The number of hydrogen-bond acceptors (Lipinski definition) is 3. The van der Waals surface area contributed by atoms with Crippen molar-refractivity contribution in [3.05, 3.63) is 0 Å². The maximum absolute atomic E-state index is 5.49. The largest absolute Gasteiger partial charge is 0.381 e. The summed E-state index contributed by atoms with van der Waals surface area (Å²) in [6.45, 7) is 14.9. The van der Waals surface area contributed by atoms with Gasteiger partial charge < -0.3 is 10.1 Å². The molecule has 1 N–H and O–H groups in total. The smallest absolute Gasteiger partial charge is 0.0469 e. The minimum Gasteiger partial charge on any atom is -0.381 e. The molecule has 0 aromatic rings. The molecule has 0 aromatic heterocycles. The average Bonchev–Trinajstić information content (AvgIpc) is 2.43. The van der Waals surface area contributed by atoms with E-state index in [1.54, 1.807) is 0 Å². The summed E-state index contributed by atoms with van der Waals surface area (Å²) in [7, 11) is 0. The van der Waals surface area contributed by atoms with Gasteiger partial charge in [0.25, 0.3) is 0 Å². The summed E-state index contributed by atoms with van der Waals surface area (Å²) >= 11 is 0. The summed E-state index contributed by atoms with van der Waals surface area (Å²) in [5, 5.41) is 3.82. The Hall–Kier alpha value is -0.120. The van der Waals surface area contributed by atoms with Crippen LogP contribution in [0.25, 0.3) is 0 Å². The first-order valence-electron chi connectivity index (χ1n) is 8.09. The van der Waals surface area contributed by atoms with Crippen LogP contribution in [0.2, 0.25) is 0 Å². The molecular formula is C16H32N2O. The molecule has 3 heteroatoms. The molecule has 0 amide bonds. The van der Waals surface area contributed by atoms with Gasteiger partial charge in [-0.1, -0.05) is 13.8 Å². The zero-order valence-electron chi connectivity index (χ0n) is 13.3. The Morgan fingerprint density at radius 2 is 1.79 bits per heavy atom. The molecule has 2 fully saturated rings. The van der Waals surface area contributed by atoms with Crippen molar-refractivity contribution in [2.75, 3.05) is 32.8 Å². The third-order valence-corrected chi connectivity index (χ3v) is 5.42. The fourth-order valence-electron chi connectivity index (χ4n) is 3.43. The van der Waals surface area contributed by atoms with Gasteiger partial charge in [0.2, 0.25) is 0 Å². The van der Waals surface area contributed by atoms with Crippen LogP contribution in [-0.4, -0.2) is 48.8 Å². The van der Waals surface area contributed by atoms with Crippen molar-refractivity contribution in [3.63, 3.8) is 0 Å². The normalized spacial score (nSPS) is 28.4. The zero-order valence-corrected chi connectivity index (χ0v) is 13.3. The monoisotopic (exact) mass is 268 g/mol. The van der Waals surface area contributed by atoms with Crippen molar-refractivity contribution >= 4 is 0 Å². The minimum atomic E-state index is 0.284. The standard InChI is InChI=1S/C16H32N2O/c1-5-16(6-2)13-18(15(3,4)12-17-16)11-14-7-9-19-10-8-14/h14,17H,5-13H2,1-4H3. The van der Waals surface area contributed by atoms with Gasteiger partial charge in [-0.15, -0.1) is 0 Å². The molecule has 0 atom stereocenters. The molecule has 0 unspecified atom stereocenters. The van der Waals surface area contributed by atoms with Crippen LogP contribution < -0.4 is 5.32 Å². The van der Waals surface area contributed by atoms with E-state index < -0.39 is 0 Å². The highest BCUT2D eigenvalue weighted by atomic mass is 16.5. The van der Waals surface area contributed by atoms with E-state index in [0.29, 0.717) is 5.54 Å². The number of piperazine rings is 1. The molecule has 2 heterocycles. The quantitative estimate of drug-likeness (QED) is 0.848. The van der Waals surface area contributed by atoms with Gasteiger partial charge in [-0.05, 0) is 45.4 Å². The summed E-state index contributed by atoms with van der Waals surface area (Å²) in [5.74, 6) is 0.831. The molecule has 3 nitrogen and oxygen atoms in total. The fourth-order valence-corrected chi connectivity index (χ4v) is 3.43. The molecule has 0 aliphatic carbocycles. The topological polar surface area (TPSA) is 24.5 Å². The predicted molar refractivity (Wildman–Crippen MR) is 80.5 cm³/mol. The molecule has 0 spiro atoms. The number of rotatable bonds is 4. The molecular weight excluding hydrogens is 236 g/mol. The van der Waals surface area contributed by atoms with E-state index in [0.717, 1.165) is 25.7 Å². The van der Waals surface area contributed by atoms with Gasteiger partial charge in [0.1, 0.15) is 0 Å². The van der Waals surface area contributed by atoms with Crippen LogP contribution in [-0.2, 0) is 4.74 Å². The van der Waals surface area contributed by atoms with Crippen molar-refractivity contribution in [2.24, 2.45) is 5.92 Å².